The van der Waals surface area contributed by atoms with Crippen molar-refractivity contribution >= 4 is 28.1 Å². The molecule has 2 aromatic rings. The van der Waals surface area contributed by atoms with Crippen molar-refractivity contribution < 1.29 is 14.3 Å². The number of rotatable bonds is 6. The molecule has 1 N–H and O–H groups in total. The zero-order valence-corrected chi connectivity index (χ0v) is 14.5. The Morgan fingerprint density at radius 1 is 1.26 bits per heavy atom. The van der Waals surface area contributed by atoms with Crippen LogP contribution in [0.2, 0.25) is 0 Å². The number of aryl methyl sites for hydroxylation is 1. The van der Waals surface area contributed by atoms with Gasteiger partial charge < -0.3 is 9.47 Å². The highest BCUT2D eigenvalue weighted by Crippen LogP contribution is 2.25. The number of carbonyl (C=O) groups excluding carboxylic acids is 1. The summed E-state index contributed by atoms with van der Waals surface area (Å²) in [5.74, 6) is 0.952. The van der Waals surface area contributed by atoms with Crippen LogP contribution in [0, 0.1) is 6.92 Å². The number of methoxy groups -OCH3 is 1. The van der Waals surface area contributed by atoms with Gasteiger partial charge in [-0.2, -0.15) is 5.10 Å². The van der Waals surface area contributed by atoms with Crippen LogP contribution in [0.4, 0.5) is 0 Å². The minimum absolute atomic E-state index is 0.120. The van der Waals surface area contributed by atoms with E-state index < -0.39 is 0 Å². The Balaban J connectivity index is 1.86. The Hall–Kier alpha value is -2.34. The summed E-state index contributed by atoms with van der Waals surface area (Å²) in [6.07, 6.45) is 1.53. The zero-order chi connectivity index (χ0) is 16.7. The van der Waals surface area contributed by atoms with Crippen LogP contribution in [-0.4, -0.2) is 25.8 Å². The first-order chi connectivity index (χ1) is 11.1. The lowest BCUT2D eigenvalue weighted by atomic mass is 10.2. The molecule has 0 bridgehead atoms. The molecule has 2 rings (SSSR count). The maximum Gasteiger partial charge on any atom is 0.277 e. The average Bonchev–Trinajstić information content (AvgIpc) is 2.54. The Morgan fingerprint density at radius 3 is 2.78 bits per heavy atom. The van der Waals surface area contributed by atoms with E-state index in [4.69, 9.17) is 9.47 Å². The lowest BCUT2D eigenvalue weighted by molar-refractivity contribution is -0.123. The van der Waals surface area contributed by atoms with Gasteiger partial charge in [0, 0.05) is 5.56 Å². The number of ether oxygens (including phenoxy) is 2. The van der Waals surface area contributed by atoms with Crippen LogP contribution in [0.25, 0.3) is 0 Å². The van der Waals surface area contributed by atoms with Crippen molar-refractivity contribution in [2.24, 2.45) is 5.10 Å². The quantitative estimate of drug-likeness (QED) is 0.621. The molecule has 0 aromatic heterocycles. The van der Waals surface area contributed by atoms with Crippen molar-refractivity contribution in [2.75, 3.05) is 13.7 Å². The molecule has 0 aliphatic heterocycles. The van der Waals surface area contributed by atoms with E-state index in [1.165, 1.54) is 6.21 Å². The van der Waals surface area contributed by atoms with Gasteiger partial charge in [-0.15, -0.1) is 0 Å². The predicted octanol–water partition coefficient (Wildman–Crippen LogP) is 3.30. The lowest BCUT2D eigenvalue weighted by Gasteiger charge is -2.07. The van der Waals surface area contributed by atoms with Crippen LogP contribution < -0.4 is 14.9 Å². The number of nitrogens with one attached hydrogen (secondary N) is 1. The highest BCUT2D eigenvalue weighted by atomic mass is 79.9. The van der Waals surface area contributed by atoms with E-state index >= 15 is 0 Å². The van der Waals surface area contributed by atoms with Gasteiger partial charge in [0.25, 0.3) is 5.91 Å². The third-order valence-corrected chi connectivity index (χ3v) is 3.60. The fourth-order valence-electron chi connectivity index (χ4n) is 1.85. The Morgan fingerprint density at radius 2 is 2.04 bits per heavy atom. The van der Waals surface area contributed by atoms with Crippen molar-refractivity contribution in [3.63, 3.8) is 0 Å². The molecule has 23 heavy (non-hydrogen) atoms. The summed E-state index contributed by atoms with van der Waals surface area (Å²) in [4.78, 5) is 11.7. The molecule has 0 spiro atoms. The first kappa shape index (κ1) is 17.0. The summed E-state index contributed by atoms with van der Waals surface area (Å²) in [5.41, 5.74) is 4.30. The van der Waals surface area contributed by atoms with E-state index in [2.05, 4.69) is 26.5 Å². The summed E-state index contributed by atoms with van der Waals surface area (Å²) in [6.45, 7) is 1.86. The van der Waals surface area contributed by atoms with Gasteiger partial charge in [0.05, 0.1) is 17.8 Å². The van der Waals surface area contributed by atoms with Gasteiger partial charge in [0.2, 0.25) is 0 Å². The van der Waals surface area contributed by atoms with Gasteiger partial charge in [-0.25, -0.2) is 5.43 Å². The van der Waals surface area contributed by atoms with Gasteiger partial charge in [-0.05, 0) is 52.7 Å². The van der Waals surface area contributed by atoms with Crippen molar-refractivity contribution in [1.29, 1.82) is 0 Å². The summed E-state index contributed by atoms with van der Waals surface area (Å²) in [5, 5.41) is 3.90. The standard InChI is InChI=1S/C17H17BrN2O3/c1-12-7-8-16(14(18)9-12)23-11-17(21)20-19-10-13-5-3-4-6-15(13)22-2/h3-10H,11H2,1-2H3,(H,20,21)/b19-10+. The minimum Gasteiger partial charge on any atom is -0.496 e. The van der Waals surface area contributed by atoms with Gasteiger partial charge in [0.1, 0.15) is 11.5 Å². The van der Waals surface area contributed by atoms with Crippen LogP contribution in [0.15, 0.2) is 52.0 Å². The average molecular weight is 377 g/mol. The van der Waals surface area contributed by atoms with Crippen LogP contribution in [0.5, 0.6) is 11.5 Å². The number of carbonyl (C=O) groups is 1. The predicted molar refractivity (Wildman–Crippen MR) is 93.1 cm³/mol. The van der Waals surface area contributed by atoms with Crippen molar-refractivity contribution in [3.05, 3.63) is 58.1 Å². The van der Waals surface area contributed by atoms with E-state index in [0.717, 1.165) is 15.6 Å². The summed E-state index contributed by atoms with van der Waals surface area (Å²) in [6, 6.07) is 13.0. The van der Waals surface area contributed by atoms with E-state index in [1.807, 2.05) is 49.4 Å². The molecule has 0 saturated carbocycles. The fraction of sp³-hybridized carbons (Fsp3) is 0.176. The van der Waals surface area contributed by atoms with Gasteiger partial charge >= 0.3 is 0 Å². The number of halogens is 1. The molecule has 6 heteroatoms. The number of hydrogen-bond acceptors (Lipinski definition) is 4. The molecule has 0 fully saturated rings. The second-order valence-electron chi connectivity index (χ2n) is 4.76. The largest absolute Gasteiger partial charge is 0.496 e. The van der Waals surface area contributed by atoms with Crippen molar-refractivity contribution in [2.45, 2.75) is 6.92 Å². The molecular weight excluding hydrogens is 360 g/mol. The number of amides is 1. The van der Waals surface area contributed by atoms with Crippen LogP contribution in [0.3, 0.4) is 0 Å². The smallest absolute Gasteiger partial charge is 0.277 e. The minimum atomic E-state index is -0.344. The Labute approximate surface area is 143 Å². The molecule has 0 aliphatic carbocycles. The molecule has 1 amide bonds. The van der Waals surface area contributed by atoms with Gasteiger partial charge in [0.15, 0.2) is 6.61 Å². The molecular formula is C17H17BrN2O3. The molecule has 5 nitrogen and oxygen atoms in total. The van der Waals surface area contributed by atoms with E-state index in [1.54, 1.807) is 7.11 Å². The third kappa shape index (κ3) is 5.10. The molecule has 0 radical (unpaired) electrons. The van der Waals surface area contributed by atoms with Crippen LogP contribution in [-0.2, 0) is 4.79 Å². The summed E-state index contributed by atoms with van der Waals surface area (Å²) in [7, 11) is 1.58. The van der Waals surface area contributed by atoms with E-state index in [0.29, 0.717) is 11.5 Å². The summed E-state index contributed by atoms with van der Waals surface area (Å²) < 4.78 is 11.4. The highest BCUT2D eigenvalue weighted by molar-refractivity contribution is 9.10. The van der Waals surface area contributed by atoms with E-state index in [9.17, 15) is 4.79 Å². The number of benzene rings is 2. The first-order valence-corrected chi connectivity index (χ1v) is 7.73. The monoisotopic (exact) mass is 376 g/mol. The number of hydrazone groups is 1. The number of para-hydroxylation sites is 1. The van der Waals surface area contributed by atoms with Crippen molar-refractivity contribution in [3.8, 4) is 11.5 Å². The SMILES string of the molecule is COc1ccccc1/C=N/NC(=O)COc1ccc(C)cc1Br. The second-order valence-corrected chi connectivity index (χ2v) is 5.61. The molecule has 0 aliphatic rings. The maximum absolute atomic E-state index is 11.7. The molecule has 0 atom stereocenters. The Kier molecular flexibility index (Phi) is 6.17. The van der Waals surface area contributed by atoms with E-state index in [-0.39, 0.29) is 12.5 Å². The molecule has 0 heterocycles. The number of nitrogens with zero attached hydrogens (tertiary/aromatic N) is 1. The molecule has 2 aromatic carbocycles. The maximum atomic E-state index is 11.7. The second kappa shape index (κ2) is 8.33. The number of hydrogen-bond donors (Lipinski definition) is 1. The van der Waals surface area contributed by atoms with Crippen LogP contribution >= 0.6 is 15.9 Å². The lowest BCUT2D eigenvalue weighted by Crippen LogP contribution is -2.24. The zero-order valence-electron chi connectivity index (χ0n) is 12.9. The summed E-state index contributed by atoms with van der Waals surface area (Å²) >= 11 is 3.40. The van der Waals surface area contributed by atoms with Crippen molar-refractivity contribution in [1.82, 2.24) is 5.43 Å². The molecule has 0 saturated heterocycles. The normalized spacial score (nSPS) is 10.6. The highest BCUT2D eigenvalue weighted by Gasteiger charge is 2.05. The van der Waals surface area contributed by atoms with Gasteiger partial charge in [-0.1, -0.05) is 18.2 Å². The van der Waals surface area contributed by atoms with Gasteiger partial charge in [-0.3, -0.25) is 4.79 Å². The Bertz CT molecular complexity index is 717. The fourth-order valence-corrected chi connectivity index (χ4v) is 2.45. The van der Waals surface area contributed by atoms with Crippen LogP contribution in [0.1, 0.15) is 11.1 Å². The molecule has 120 valence electrons. The topological polar surface area (TPSA) is 59.9 Å². The third-order valence-electron chi connectivity index (χ3n) is 2.98. The molecule has 0 unspecified atom stereocenters. The first-order valence-electron chi connectivity index (χ1n) is 6.94.